The molecule has 0 aliphatic heterocycles. The molecule has 0 aliphatic rings. The van der Waals surface area contributed by atoms with Crippen molar-refractivity contribution in [2.75, 3.05) is 0 Å². The van der Waals surface area contributed by atoms with Crippen LogP contribution in [0.3, 0.4) is 0 Å². The SMILES string of the molecule is O.[KH].[PH2][K]. The molecule has 0 radical (unpaired) electrons. The summed E-state index contributed by atoms with van der Waals surface area (Å²) in [6.07, 6.45) is 0. The van der Waals surface area contributed by atoms with E-state index in [9.17, 15) is 0 Å². The van der Waals surface area contributed by atoms with Gasteiger partial charge in [-0.3, -0.25) is 0 Å². The molecule has 1 nitrogen and oxygen atoms in total. The molecule has 2 N–H and O–H groups in total. The van der Waals surface area contributed by atoms with E-state index in [1.165, 1.54) is 0 Å². The van der Waals surface area contributed by atoms with Gasteiger partial charge < -0.3 is 5.48 Å². The Bertz CT molecular complexity index is 6.00. The van der Waals surface area contributed by atoms with E-state index in [1.54, 1.807) is 0 Å². The van der Waals surface area contributed by atoms with Crippen LogP contribution in [0.15, 0.2) is 0 Å². The molecule has 0 aromatic rings. The molecule has 0 aromatic carbocycles. The summed E-state index contributed by atoms with van der Waals surface area (Å²) >= 11 is 0.979. The normalized spacial score (nSPS) is 1.75. The van der Waals surface area contributed by atoms with Gasteiger partial charge in [-0.15, -0.1) is 0 Å². The third-order valence-electron chi connectivity index (χ3n) is 0. The molecule has 0 spiro atoms. The predicted molar refractivity (Wildman–Crippen MR) is 26.2 cm³/mol. The molecule has 4 heteroatoms. The summed E-state index contributed by atoms with van der Waals surface area (Å²) < 4.78 is 2.60. The Morgan fingerprint density at radius 2 is 1.25 bits per heavy atom. The van der Waals surface area contributed by atoms with E-state index in [-0.39, 0.29) is 56.9 Å². The first-order chi connectivity index (χ1) is 1.00. The minimum atomic E-state index is 0. The van der Waals surface area contributed by atoms with Crippen LogP contribution in [-0.4, -0.2) is 105 Å². The molecular formula is H5K2OP. The Balaban J connectivity index is -0.00000000500. The average molecular weight is 130 g/mol. The zero-order chi connectivity index (χ0) is 2.00. The Labute approximate surface area is 104 Å². The van der Waals surface area contributed by atoms with E-state index in [1.807, 2.05) is 0 Å². The first-order valence-electron chi connectivity index (χ1n) is 0.577. The molecule has 0 bridgehead atoms. The standard InChI is InChI=1S/2K.H2O.H2P.H/h;;2*1H2;/q;+1;;-1;. The van der Waals surface area contributed by atoms with Crippen molar-refractivity contribution in [3.05, 3.63) is 0 Å². The van der Waals surface area contributed by atoms with Crippen molar-refractivity contribution in [2.24, 2.45) is 0 Å². The first-order valence-corrected chi connectivity index (χ1v) is 7.14. The Morgan fingerprint density at radius 1 is 1.25 bits per heavy atom. The molecule has 0 fully saturated rings. The molecule has 4 heavy (non-hydrogen) atoms. The van der Waals surface area contributed by atoms with Gasteiger partial charge in [0.1, 0.15) is 0 Å². The topological polar surface area (TPSA) is 31.5 Å². The fourth-order valence-corrected chi connectivity index (χ4v) is 0. The summed E-state index contributed by atoms with van der Waals surface area (Å²) in [4.78, 5) is 0. The van der Waals surface area contributed by atoms with Gasteiger partial charge in [-0.25, -0.2) is 0 Å². The van der Waals surface area contributed by atoms with Gasteiger partial charge in [0.25, 0.3) is 0 Å². The van der Waals surface area contributed by atoms with Crippen LogP contribution in [0.2, 0.25) is 0 Å². The summed E-state index contributed by atoms with van der Waals surface area (Å²) in [5, 5.41) is 0. The van der Waals surface area contributed by atoms with E-state index in [2.05, 4.69) is 2.32 Å². The van der Waals surface area contributed by atoms with Crippen LogP contribution in [-0.2, 0) is 0 Å². The zero-order valence-electron chi connectivity index (χ0n) is 2.08. The summed E-state index contributed by atoms with van der Waals surface area (Å²) in [6.45, 7) is 0. The van der Waals surface area contributed by atoms with Crippen LogP contribution in [0.1, 0.15) is 0 Å². The van der Waals surface area contributed by atoms with Crippen molar-refractivity contribution in [3.8, 4) is 0 Å². The van der Waals surface area contributed by atoms with Crippen molar-refractivity contribution in [2.45, 2.75) is 0 Å². The van der Waals surface area contributed by atoms with Gasteiger partial charge >= 0.3 is 102 Å². The summed E-state index contributed by atoms with van der Waals surface area (Å²) in [7, 11) is 0. The van der Waals surface area contributed by atoms with Crippen molar-refractivity contribution < 1.29 is 5.48 Å². The van der Waals surface area contributed by atoms with E-state index in [0.29, 0.717) is 0 Å². The second-order valence-corrected chi connectivity index (χ2v) is 0. The van der Waals surface area contributed by atoms with Crippen LogP contribution in [0.4, 0.5) is 0 Å². The van der Waals surface area contributed by atoms with E-state index >= 15 is 0 Å². The molecular weight excluding hydrogens is 125 g/mol. The zero-order valence-corrected chi connectivity index (χ0v) is 6.36. The molecule has 18 valence electrons. The second kappa shape index (κ2) is 15.9. The van der Waals surface area contributed by atoms with Crippen LogP contribution >= 0.6 is 2.32 Å². The maximum absolute atomic E-state index is 2.60. The molecule has 0 amide bonds. The molecule has 1 atom stereocenters. The third kappa shape index (κ3) is 9.18. The van der Waals surface area contributed by atoms with Gasteiger partial charge in [0.15, 0.2) is 0 Å². The number of hydrogen-bond donors (Lipinski definition) is 0. The summed E-state index contributed by atoms with van der Waals surface area (Å²) in [6, 6.07) is 0. The molecule has 0 heterocycles. The van der Waals surface area contributed by atoms with Crippen molar-refractivity contribution >= 4 is 102 Å². The Kier molecular flexibility index (Phi) is 62.3. The number of rotatable bonds is 0. The second-order valence-electron chi connectivity index (χ2n) is 0. The van der Waals surface area contributed by atoms with Crippen molar-refractivity contribution in [1.29, 1.82) is 0 Å². The van der Waals surface area contributed by atoms with E-state index in [0.717, 1.165) is 48.1 Å². The minimum absolute atomic E-state index is 0. The van der Waals surface area contributed by atoms with Crippen LogP contribution in [0.25, 0.3) is 0 Å². The van der Waals surface area contributed by atoms with E-state index < -0.39 is 0 Å². The Morgan fingerprint density at radius 3 is 1.25 bits per heavy atom. The summed E-state index contributed by atoms with van der Waals surface area (Å²) in [5.74, 6) is 0. The van der Waals surface area contributed by atoms with Crippen LogP contribution in [0.5, 0.6) is 0 Å². The monoisotopic (exact) mass is 130 g/mol. The Hall–Kier alpha value is 3.66. The summed E-state index contributed by atoms with van der Waals surface area (Å²) in [5.41, 5.74) is 0. The predicted octanol–water partition coefficient (Wildman–Crippen LogP) is -1.53. The fourth-order valence-electron chi connectivity index (χ4n) is 0. The van der Waals surface area contributed by atoms with Crippen LogP contribution in [0, 0.1) is 0 Å². The van der Waals surface area contributed by atoms with Gasteiger partial charge in [0.2, 0.25) is 0 Å². The fraction of sp³-hybridized carbons (Fsp3) is 0. The van der Waals surface area contributed by atoms with Gasteiger partial charge in [0, 0.05) is 0 Å². The van der Waals surface area contributed by atoms with Gasteiger partial charge in [-0.2, -0.15) is 0 Å². The van der Waals surface area contributed by atoms with Gasteiger partial charge in [-0.05, 0) is 0 Å². The molecule has 0 aliphatic carbocycles. The molecule has 0 saturated heterocycles. The molecule has 0 saturated carbocycles. The average Bonchev–Trinajstić information content (AvgIpc) is 1.00. The van der Waals surface area contributed by atoms with Crippen LogP contribution < -0.4 is 0 Å². The molecule has 0 aromatic heterocycles. The quantitative estimate of drug-likeness (QED) is 0.281. The van der Waals surface area contributed by atoms with Gasteiger partial charge in [0.05, 0.1) is 0 Å². The number of hydrogen-bond acceptors (Lipinski definition) is 0. The molecule has 1 unspecified atom stereocenters. The molecule has 0 rings (SSSR count). The van der Waals surface area contributed by atoms with Crippen molar-refractivity contribution in [1.82, 2.24) is 0 Å². The maximum atomic E-state index is 2.60. The van der Waals surface area contributed by atoms with Gasteiger partial charge in [-0.1, -0.05) is 0 Å². The van der Waals surface area contributed by atoms with E-state index in [4.69, 9.17) is 0 Å². The third-order valence-corrected chi connectivity index (χ3v) is 0. The van der Waals surface area contributed by atoms with Crippen molar-refractivity contribution in [3.63, 3.8) is 0 Å². The first kappa shape index (κ1) is 15.6.